The van der Waals surface area contributed by atoms with E-state index in [-0.39, 0.29) is 11.8 Å². The number of ether oxygens (including phenoxy) is 1. The number of nitrogens with one attached hydrogen (secondary N) is 1. The Hall–Kier alpha value is -3.91. The molecule has 0 aliphatic carbocycles. The fraction of sp³-hybridized carbons (Fsp3) is 0.273. The Morgan fingerprint density at radius 1 is 1.05 bits per heavy atom. The summed E-state index contributed by atoms with van der Waals surface area (Å²) in [7, 11) is 1.65. The number of aromatic nitrogens is 1. The molecular weight excluding hydrogens is 540 g/mol. The molecule has 0 fully saturated rings. The van der Waals surface area contributed by atoms with Gasteiger partial charge in [0.15, 0.2) is 6.21 Å². The number of allylic oxidation sites excluding steroid dienone is 2. The third kappa shape index (κ3) is 5.05. The van der Waals surface area contributed by atoms with Crippen molar-refractivity contribution in [3.8, 4) is 5.75 Å². The van der Waals surface area contributed by atoms with Gasteiger partial charge >= 0.3 is 11.2 Å². The zero-order valence-corrected chi connectivity index (χ0v) is 25.3. The van der Waals surface area contributed by atoms with Crippen LogP contribution in [0.2, 0.25) is 0 Å². The highest BCUT2D eigenvalue weighted by atomic mass is 32.3. The molecule has 1 aromatic heterocycles. The van der Waals surface area contributed by atoms with Crippen LogP contribution in [0.25, 0.3) is 17.7 Å². The molecule has 0 saturated heterocycles. The number of fused-ring (bicyclic) bond motifs is 2. The van der Waals surface area contributed by atoms with Crippen molar-refractivity contribution in [2.75, 3.05) is 12.4 Å². The molecule has 1 N–H and O–H groups in total. The highest BCUT2D eigenvalue weighted by molar-refractivity contribution is 8.18. The Bertz CT molecular complexity index is 1660. The maximum absolute atomic E-state index is 16.3. The van der Waals surface area contributed by atoms with Gasteiger partial charge in [-0.3, -0.25) is 4.79 Å². The van der Waals surface area contributed by atoms with E-state index >= 15 is 7.77 Å². The van der Waals surface area contributed by atoms with E-state index in [1.54, 1.807) is 37.5 Å². The number of carbonyl (C=O) groups is 1. The van der Waals surface area contributed by atoms with Gasteiger partial charge in [0, 0.05) is 30.3 Å². The minimum Gasteiger partial charge on any atom is -0.496 e. The van der Waals surface area contributed by atoms with Gasteiger partial charge in [0.25, 0.3) is 0 Å². The van der Waals surface area contributed by atoms with Gasteiger partial charge in [0.1, 0.15) is 5.75 Å². The Balaban J connectivity index is 1.67. The summed E-state index contributed by atoms with van der Waals surface area (Å²) in [6.45, 7) is 11.9. The largest absolute Gasteiger partial charge is 0.496 e. The molecule has 1 amide bonds. The number of nitrogens with zero attached hydrogens (tertiary/aromatic N) is 2. The van der Waals surface area contributed by atoms with E-state index in [4.69, 9.17) is 4.74 Å². The second kappa shape index (κ2) is 10.8. The average Bonchev–Trinajstić information content (AvgIpc) is 3.54. The van der Waals surface area contributed by atoms with E-state index in [0.717, 1.165) is 37.6 Å². The fourth-order valence-corrected chi connectivity index (χ4v) is 7.06. The molecule has 2 aliphatic rings. The number of benzene rings is 2. The standard InChI is InChI=1S/C33H35F2N3O2S/c1-20(2)26-18-25(33(40-7)29(19-26)21(3)4)12-15-28-17-22(5)32-31(24-10-13-27(14-11-24)36-23(6)39)30-9-8-16-37(30)41(34,35)38(28)32/h8-21H,1-7H3/p+1. The van der Waals surface area contributed by atoms with E-state index in [2.05, 4.69) is 45.1 Å². The highest BCUT2D eigenvalue weighted by Gasteiger charge is 2.51. The van der Waals surface area contributed by atoms with E-state index in [9.17, 15) is 4.79 Å². The summed E-state index contributed by atoms with van der Waals surface area (Å²) in [6, 6.07) is 13.4. The van der Waals surface area contributed by atoms with Gasteiger partial charge in [-0.25, -0.2) is 3.97 Å². The molecule has 41 heavy (non-hydrogen) atoms. The number of hydrogen-bond acceptors (Lipinski definition) is 2. The normalized spacial score (nSPS) is 16.3. The lowest BCUT2D eigenvalue weighted by atomic mass is 9.91. The molecule has 5 rings (SSSR count). The van der Waals surface area contributed by atoms with Crippen LogP contribution in [-0.2, 0) is 4.79 Å². The Kier molecular flexibility index (Phi) is 7.55. The maximum atomic E-state index is 16.3. The molecule has 5 nitrogen and oxygen atoms in total. The number of anilines is 1. The van der Waals surface area contributed by atoms with Gasteiger partial charge in [0.05, 0.1) is 24.1 Å². The lowest BCUT2D eigenvalue weighted by Gasteiger charge is -2.28. The summed E-state index contributed by atoms with van der Waals surface area (Å²) in [6.07, 6.45) is 8.51. The molecule has 3 heterocycles. The molecule has 0 atom stereocenters. The molecule has 0 saturated carbocycles. The maximum Gasteiger partial charge on any atom is 0.388 e. The van der Waals surface area contributed by atoms with Crippen LogP contribution in [0.4, 0.5) is 13.5 Å². The van der Waals surface area contributed by atoms with Crippen LogP contribution >= 0.6 is 11.2 Å². The number of amides is 1. The van der Waals surface area contributed by atoms with Gasteiger partial charge in [-0.1, -0.05) is 57.6 Å². The van der Waals surface area contributed by atoms with Crippen LogP contribution in [0.5, 0.6) is 5.75 Å². The van der Waals surface area contributed by atoms with E-state index in [0.29, 0.717) is 28.7 Å². The summed E-state index contributed by atoms with van der Waals surface area (Å²) >= 11 is -4.42. The lowest BCUT2D eigenvalue weighted by molar-refractivity contribution is -0.296. The second-order valence-corrected chi connectivity index (χ2v) is 12.6. The molecule has 2 aliphatic heterocycles. The van der Waals surface area contributed by atoms with Crippen molar-refractivity contribution in [3.63, 3.8) is 0 Å². The number of methoxy groups -OCH3 is 1. The monoisotopic (exact) mass is 576 g/mol. The second-order valence-electron chi connectivity index (χ2n) is 11.0. The van der Waals surface area contributed by atoms with Crippen LogP contribution in [0, 0.1) is 6.92 Å². The first kappa shape index (κ1) is 28.6. The Labute approximate surface area is 242 Å². The summed E-state index contributed by atoms with van der Waals surface area (Å²) < 4.78 is 40.7. The predicted molar refractivity (Wildman–Crippen MR) is 167 cm³/mol. The number of hydrogen-bond donors (Lipinski definition) is 1. The zero-order chi connectivity index (χ0) is 29.6. The zero-order valence-electron chi connectivity index (χ0n) is 24.5. The molecule has 0 bridgehead atoms. The molecule has 2 aromatic carbocycles. The van der Waals surface area contributed by atoms with Gasteiger partial charge in [-0.2, -0.15) is 0 Å². The molecular formula is C33H36F2N3O2S+. The molecule has 214 valence electrons. The third-order valence-electron chi connectivity index (χ3n) is 7.43. The number of aryl methyl sites for hydroxylation is 1. The van der Waals surface area contributed by atoms with Crippen molar-refractivity contribution >= 4 is 46.7 Å². The highest BCUT2D eigenvalue weighted by Crippen LogP contribution is 2.62. The molecule has 0 unspecified atom stereocenters. The van der Waals surface area contributed by atoms with E-state index in [1.807, 2.05) is 31.2 Å². The van der Waals surface area contributed by atoms with E-state index in [1.165, 1.54) is 22.7 Å². The predicted octanol–water partition coefficient (Wildman–Crippen LogP) is 8.86. The number of carbonyl (C=O) groups excluding carboxylic acids is 1. The quantitative estimate of drug-likeness (QED) is 0.286. The molecule has 0 radical (unpaired) electrons. The van der Waals surface area contributed by atoms with Crippen molar-refractivity contribution in [2.24, 2.45) is 0 Å². The molecule has 8 heteroatoms. The van der Waals surface area contributed by atoms with Crippen LogP contribution in [-0.4, -0.2) is 27.2 Å². The van der Waals surface area contributed by atoms with Crippen LogP contribution in [0.1, 0.15) is 85.7 Å². The van der Waals surface area contributed by atoms with Crippen molar-refractivity contribution in [3.05, 3.63) is 99.5 Å². The SMILES string of the molecule is COc1c(C=Cc2cc(C)c3n2S(F)(F)[N+]2=CC=CC2=C3c2ccc(NC(C)=O)cc2)cc(C(C)C)cc1C(C)C. The van der Waals surface area contributed by atoms with Crippen molar-refractivity contribution < 1.29 is 21.3 Å². The van der Waals surface area contributed by atoms with E-state index < -0.39 is 11.2 Å². The van der Waals surface area contributed by atoms with Crippen molar-refractivity contribution in [2.45, 2.75) is 53.4 Å². The number of rotatable bonds is 7. The van der Waals surface area contributed by atoms with Crippen LogP contribution in [0.3, 0.4) is 0 Å². The smallest absolute Gasteiger partial charge is 0.388 e. The molecule has 3 aromatic rings. The lowest BCUT2D eigenvalue weighted by Crippen LogP contribution is -2.24. The minimum atomic E-state index is -4.42. The summed E-state index contributed by atoms with van der Waals surface area (Å²) in [5, 5.41) is 2.77. The first-order chi connectivity index (χ1) is 19.4. The Morgan fingerprint density at radius 2 is 1.76 bits per heavy atom. The number of halogens is 2. The van der Waals surface area contributed by atoms with Crippen LogP contribution in [0.15, 0.2) is 60.3 Å². The summed E-state index contributed by atoms with van der Waals surface area (Å²) in [5.41, 5.74) is 7.45. The topological polar surface area (TPSA) is 46.3 Å². The van der Waals surface area contributed by atoms with Gasteiger partial charge in [0.2, 0.25) is 11.6 Å². The van der Waals surface area contributed by atoms with Crippen LogP contribution < -0.4 is 10.1 Å². The Morgan fingerprint density at radius 3 is 2.37 bits per heavy atom. The first-order valence-electron chi connectivity index (χ1n) is 13.7. The van der Waals surface area contributed by atoms with Gasteiger partial charge in [-0.05, 0) is 77.4 Å². The first-order valence-corrected chi connectivity index (χ1v) is 15.1. The third-order valence-corrected chi connectivity index (χ3v) is 9.05. The van der Waals surface area contributed by atoms with Gasteiger partial charge in [-0.15, -0.1) is 0 Å². The minimum absolute atomic E-state index is 0.169. The molecule has 0 spiro atoms. The summed E-state index contributed by atoms with van der Waals surface area (Å²) in [4.78, 5) is 11.5. The average molecular weight is 577 g/mol. The summed E-state index contributed by atoms with van der Waals surface area (Å²) in [5.74, 6) is 1.15. The van der Waals surface area contributed by atoms with Crippen molar-refractivity contribution in [1.82, 2.24) is 3.97 Å². The van der Waals surface area contributed by atoms with Gasteiger partial charge < -0.3 is 10.1 Å². The van der Waals surface area contributed by atoms with Crippen molar-refractivity contribution in [1.29, 1.82) is 0 Å². The fourth-order valence-electron chi connectivity index (χ4n) is 5.45.